The number of methoxy groups -OCH3 is 2. The van der Waals surface area contributed by atoms with Crippen molar-refractivity contribution in [2.24, 2.45) is 4.99 Å². The van der Waals surface area contributed by atoms with Crippen LogP contribution in [0.2, 0.25) is 0 Å². The molecule has 0 bridgehead atoms. The van der Waals surface area contributed by atoms with Gasteiger partial charge in [0.25, 0.3) is 0 Å². The second-order valence-corrected chi connectivity index (χ2v) is 7.13. The Morgan fingerprint density at radius 2 is 1.87 bits per heavy atom. The maximum atomic E-state index is 11.9. The molecule has 0 aliphatic carbocycles. The van der Waals surface area contributed by atoms with Crippen molar-refractivity contribution in [1.82, 2.24) is 10.2 Å². The highest BCUT2D eigenvalue weighted by Gasteiger charge is 2.19. The number of nitrogens with zero attached hydrogens (tertiary/aromatic N) is 2. The number of benzene rings is 2. The van der Waals surface area contributed by atoms with Gasteiger partial charge in [-0.3, -0.25) is 4.79 Å². The first kappa shape index (κ1) is 24.8. The number of hydrogen-bond acceptors (Lipinski definition) is 4. The van der Waals surface area contributed by atoms with Crippen molar-refractivity contribution in [3.8, 4) is 11.5 Å². The third-order valence-electron chi connectivity index (χ3n) is 4.95. The lowest BCUT2D eigenvalue weighted by Gasteiger charge is -2.16. The Labute approximate surface area is 201 Å². The maximum Gasteiger partial charge on any atom is 0.222 e. The number of carbonyl (C=O) groups excluding carboxylic acids is 1. The molecule has 1 amide bonds. The van der Waals surface area contributed by atoms with Gasteiger partial charge in [0, 0.05) is 37.8 Å². The minimum Gasteiger partial charge on any atom is -0.493 e. The first-order valence-corrected chi connectivity index (χ1v) is 10.3. The molecule has 1 heterocycles. The topological polar surface area (TPSA) is 75.2 Å². The number of aliphatic imine (C=N–C) groups is 1. The number of likely N-dealkylation sites (tertiary alicyclic amines) is 1. The Balaban J connectivity index is 0.00000341. The predicted octanol–water partition coefficient (Wildman–Crippen LogP) is 4.02. The van der Waals surface area contributed by atoms with Crippen molar-refractivity contribution < 1.29 is 14.3 Å². The van der Waals surface area contributed by atoms with Crippen LogP contribution in [0.15, 0.2) is 47.5 Å². The average Bonchev–Trinajstić information content (AvgIpc) is 3.16. The summed E-state index contributed by atoms with van der Waals surface area (Å²) in [5, 5.41) is 6.57. The molecule has 0 atom stereocenters. The standard InChI is InChI=1S/C23H30N4O3.HI/c1-4-24-23(26-19-10-11-20(29-2)21(14-19)30-3)25-15-17-7-5-8-18(13-17)16-27-12-6-9-22(27)28;/h5,7-8,10-11,13-14H,4,6,9,12,15-16H2,1-3H3,(H2,24,25,26);1H. The molecule has 1 aliphatic heterocycles. The van der Waals surface area contributed by atoms with Crippen molar-refractivity contribution in [3.05, 3.63) is 53.6 Å². The minimum atomic E-state index is 0. The zero-order valence-electron chi connectivity index (χ0n) is 18.3. The third-order valence-corrected chi connectivity index (χ3v) is 4.95. The summed E-state index contributed by atoms with van der Waals surface area (Å²) in [5.74, 6) is 2.26. The van der Waals surface area contributed by atoms with E-state index in [-0.39, 0.29) is 29.9 Å². The second-order valence-electron chi connectivity index (χ2n) is 7.13. The van der Waals surface area contributed by atoms with Gasteiger partial charge in [-0.05, 0) is 36.6 Å². The van der Waals surface area contributed by atoms with E-state index in [2.05, 4.69) is 28.8 Å². The molecule has 3 rings (SSSR count). The van der Waals surface area contributed by atoms with E-state index >= 15 is 0 Å². The summed E-state index contributed by atoms with van der Waals surface area (Å²) in [4.78, 5) is 18.5. The molecule has 31 heavy (non-hydrogen) atoms. The normalized spacial score (nSPS) is 13.6. The Hall–Kier alpha value is -2.49. The summed E-state index contributed by atoms with van der Waals surface area (Å²) in [7, 11) is 3.23. The molecule has 168 valence electrons. The molecular formula is C23H31IN4O3. The number of ether oxygens (including phenoxy) is 2. The zero-order valence-corrected chi connectivity index (χ0v) is 20.6. The van der Waals surface area contributed by atoms with E-state index < -0.39 is 0 Å². The summed E-state index contributed by atoms with van der Waals surface area (Å²) >= 11 is 0. The summed E-state index contributed by atoms with van der Waals surface area (Å²) in [6.07, 6.45) is 1.62. The van der Waals surface area contributed by atoms with E-state index in [0.717, 1.165) is 36.3 Å². The summed E-state index contributed by atoms with van der Waals surface area (Å²) < 4.78 is 10.7. The van der Waals surface area contributed by atoms with Crippen LogP contribution in [0.25, 0.3) is 0 Å². The molecule has 0 radical (unpaired) electrons. The van der Waals surface area contributed by atoms with Gasteiger partial charge >= 0.3 is 0 Å². The fourth-order valence-electron chi connectivity index (χ4n) is 3.45. The summed E-state index contributed by atoms with van der Waals surface area (Å²) in [6, 6.07) is 13.9. The smallest absolute Gasteiger partial charge is 0.222 e. The lowest BCUT2D eigenvalue weighted by molar-refractivity contribution is -0.128. The molecular weight excluding hydrogens is 507 g/mol. The molecule has 1 aliphatic rings. The second kappa shape index (κ2) is 12.4. The van der Waals surface area contributed by atoms with Gasteiger partial charge in [-0.15, -0.1) is 24.0 Å². The van der Waals surface area contributed by atoms with Gasteiger partial charge < -0.3 is 25.0 Å². The van der Waals surface area contributed by atoms with Gasteiger partial charge in [0.2, 0.25) is 5.91 Å². The first-order chi connectivity index (χ1) is 14.6. The van der Waals surface area contributed by atoms with E-state index in [9.17, 15) is 4.79 Å². The Kier molecular flexibility index (Phi) is 9.90. The number of amides is 1. The summed E-state index contributed by atoms with van der Waals surface area (Å²) in [5.41, 5.74) is 3.09. The average molecular weight is 538 g/mol. The van der Waals surface area contributed by atoms with Crippen LogP contribution < -0.4 is 20.1 Å². The molecule has 7 nitrogen and oxygen atoms in total. The largest absolute Gasteiger partial charge is 0.493 e. The van der Waals surface area contributed by atoms with Crippen LogP contribution in [0.4, 0.5) is 5.69 Å². The Morgan fingerprint density at radius 1 is 1.10 bits per heavy atom. The van der Waals surface area contributed by atoms with E-state index in [0.29, 0.717) is 37.0 Å². The van der Waals surface area contributed by atoms with Crippen LogP contribution >= 0.6 is 24.0 Å². The molecule has 0 saturated carbocycles. The highest BCUT2D eigenvalue weighted by Crippen LogP contribution is 2.29. The van der Waals surface area contributed by atoms with Gasteiger partial charge in [-0.2, -0.15) is 0 Å². The van der Waals surface area contributed by atoms with Crippen molar-refractivity contribution in [3.63, 3.8) is 0 Å². The molecule has 0 aromatic heterocycles. The predicted molar refractivity (Wildman–Crippen MR) is 134 cm³/mol. The van der Waals surface area contributed by atoms with Gasteiger partial charge in [-0.25, -0.2) is 4.99 Å². The number of halogens is 1. The summed E-state index contributed by atoms with van der Waals surface area (Å²) in [6.45, 7) is 4.82. The van der Waals surface area contributed by atoms with Crippen LogP contribution in [0.3, 0.4) is 0 Å². The number of nitrogens with one attached hydrogen (secondary N) is 2. The van der Waals surface area contributed by atoms with Crippen molar-refractivity contribution in [1.29, 1.82) is 0 Å². The number of hydrogen-bond donors (Lipinski definition) is 2. The highest BCUT2D eigenvalue weighted by molar-refractivity contribution is 14.0. The monoisotopic (exact) mass is 538 g/mol. The molecule has 1 saturated heterocycles. The van der Waals surface area contributed by atoms with E-state index in [1.165, 1.54) is 0 Å². The van der Waals surface area contributed by atoms with Crippen molar-refractivity contribution in [2.75, 3.05) is 32.6 Å². The Bertz CT molecular complexity index is 904. The first-order valence-electron chi connectivity index (χ1n) is 10.3. The third kappa shape index (κ3) is 7.02. The van der Waals surface area contributed by atoms with Crippen LogP contribution in [-0.4, -0.2) is 44.1 Å². The van der Waals surface area contributed by atoms with Gasteiger partial charge in [0.15, 0.2) is 17.5 Å². The van der Waals surface area contributed by atoms with Crippen molar-refractivity contribution >= 4 is 41.5 Å². The molecule has 2 aromatic rings. The van der Waals surface area contributed by atoms with Crippen LogP contribution in [0.5, 0.6) is 11.5 Å². The van der Waals surface area contributed by atoms with E-state index in [4.69, 9.17) is 14.5 Å². The van der Waals surface area contributed by atoms with Crippen LogP contribution in [0.1, 0.15) is 30.9 Å². The lowest BCUT2D eigenvalue weighted by atomic mass is 10.1. The highest BCUT2D eigenvalue weighted by atomic mass is 127. The molecule has 2 N–H and O–H groups in total. The SMILES string of the molecule is CCNC(=NCc1cccc(CN2CCCC2=O)c1)Nc1ccc(OC)c(OC)c1.I. The zero-order chi connectivity index (χ0) is 21.3. The number of guanidine groups is 1. The number of carbonyl (C=O) groups is 1. The quantitative estimate of drug-likeness (QED) is 0.302. The number of rotatable bonds is 8. The van der Waals surface area contributed by atoms with E-state index in [1.807, 2.05) is 36.1 Å². The lowest BCUT2D eigenvalue weighted by Crippen LogP contribution is -2.30. The Morgan fingerprint density at radius 3 is 2.55 bits per heavy atom. The van der Waals surface area contributed by atoms with Gasteiger partial charge in [0.05, 0.1) is 20.8 Å². The molecule has 1 fully saturated rings. The van der Waals surface area contributed by atoms with Crippen molar-refractivity contribution in [2.45, 2.75) is 32.9 Å². The van der Waals surface area contributed by atoms with Crippen LogP contribution in [0, 0.1) is 0 Å². The number of anilines is 1. The maximum absolute atomic E-state index is 11.9. The molecule has 0 spiro atoms. The molecule has 8 heteroatoms. The van der Waals surface area contributed by atoms with Gasteiger partial charge in [-0.1, -0.05) is 24.3 Å². The van der Waals surface area contributed by atoms with E-state index in [1.54, 1.807) is 14.2 Å². The molecule has 0 unspecified atom stereocenters. The minimum absolute atomic E-state index is 0. The van der Waals surface area contributed by atoms with Gasteiger partial charge in [0.1, 0.15) is 0 Å². The fraction of sp³-hybridized carbons (Fsp3) is 0.391. The molecule has 2 aromatic carbocycles. The van der Waals surface area contributed by atoms with Crippen LogP contribution in [-0.2, 0) is 17.9 Å². The fourth-order valence-corrected chi connectivity index (χ4v) is 3.45.